The average Bonchev–Trinajstić information content (AvgIpc) is 3.39. The maximum Gasteiger partial charge on any atom is 0.204 e. The molecule has 0 bridgehead atoms. The van der Waals surface area contributed by atoms with Gasteiger partial charge in [0.15, 0.2) is 0 Å². The summed E-state index contributed by atoms with van der Waals surface area (Å²) in [6, 6.07) is 23.4. The van der Waals surface area contributed by atoms with Gasteiger partial charge < -0.3 is 19.7 Å². The van der Waals surface area contributed by atoms with E-state index in [-0.39, 0.29) is 5.69 Å². The molecule has 1 unspecified atom stereocenters. The van der Waals surface area contributed by atoms with E-state index >= 15 is 0 Å². The Morgan fingerprint density at radius 2 is 1.85 bits per heavy atom. The third-order valence-corrected chi connectivity index (χ3v) is 5.30. The van der Waals surface area contributed by atoms with Gasteiger partial charge in [-0.2, -0.15) is 0 Å². The summed E-state index contributed by atoms with van der Waals surface area (Å²) in [5.74, 6) is 1.33. The van der Waals surface area contributed by atoms with Crippen molar-refractivity contribution in [1.29, 1.82) is 0 Å². The number of aliphatic hydroxyl groups excluding tert-OH is 1. The highest BCUT2D eigenvalue weighted by Crippen LogP contribution is 2.34. The zero-order valence-corrected chi connectivity index (χ0v) is 18.5. The number of rotatable bonds is 8. The van der Waals surface area contributed by atoms with Crippen LogP contribution >= 0.6 is 0 Å². The highest BCUT2D eigenvalue weighted by Gasteiger charge is 2.19. The summed E-state index contributed by atoms with van der Waals surface area (Å²) in [6.45, 7) is 2.63. The molecule has 8 nitrogen and oxygen atoms in total. The van der Waals surface area contributed by atoms with Crippen molar-refractivity contribution in [2.75, 3.05) is 11.9 Å². The Hall–Kier alpha value is -4.14. The molecule has 0 fully saturated rings. The van der Waals surface area contributed by atoms with Crippen molar-refractivity contribution in [3.05, 3.63) is 90.4 Å². The lowest BCUT2D eigenvalue weighted by Gasteiger charge is -2.13. The zero-order chi connectivity index (χ0) is 23.3. The van der Waals surface area contributed by atoms with Crippen LogP contribution in [-0.4, -0.2) is 31.8 Å². The molecule has 34 heavy (non-hydrogen) atoms. The molecule has 8 heteroatoms. The molecule has 0 spiro atoms. The molecule has 2 N–H and O–H groups in total. The predicted octanol–water partition coefficient (Wildman–Crippen LogP) is 4.99. The molecule has 3 heterocycles. The molecule has 0 amide bonds. The molecule has 0 aliphatic heterocycles. The highest BCUT2D eigenvalue weighted by molar-refractivity contribution is 6.02. The Bertz CT molecular complexity index is 1390. The normalized spacial score (nSPS) is 12.1. The topological polar surface area (TPSA) is 106 Å². The maximum absolute atomic E-state index is 10.1. The first-order valence-electron chi connectivity index (χ1n) is 11.0. The number of aliphatic hydroxyl groups is 1. The van der Waals surface area contributed by atoms with Crippen LogP contribution in [0, 0.1) is 0 Å². The van der Waals surface area contributed by atoms with Crippen LogP contribution in [0.3, 0.4) is 0 Å². The number of hydrogen-bond donors (Lipinski definition) is 2. The molecule has 3 aromatic heterocycles. The standard InChI is InChI=1S/C26H23N5O3/c1-2-33-26(32)21-15-22(34-31-21)24-29-20-13-8-12-19(17-9-4-3-5-10-17)23(20)25(30-24)28-16-18-11-6-7-14-27-18/h3-15,26,32H,2,16H2,1H3,(H,28,29,30). The summed E-state index contributed by atoms with van der Waals surface area (Å²) in [4.78, 5) is 13.9. The monoisotopic (exact) mass is 453 g/mol. The summed E-state index contributed by atoms with van der Waals surface area (Å²) in [5, 5.41) is 18.3. The molecule has 2 aromatic carbocycles. The number of hydrogen-bond acceptors (Lipinski definition) is 8. The van der Waals surface area contributed by atoms with Gasteiger partial charge in [0.1, 0.15) is 11.5 Å². The number of pyridine rings is 1. The second-order valence-electron chi connectivity index (χ2n) is 7.56. The summed E-state index contributed by atoms with van der Waals surface area (Å²) >= 11 is 0. The van der Waals surface area contributed by atoms with Gasteiger partial charge in [-0.15, -0.1) is 0 Å². The Balaban J connectivity index is 1.61. The number of aromatic nitrogens is 4. The van der Waals surface area contributed by atoms with Gasteiger partial charge >= 0.3 is 0 Å². The first-order valence-corrected chi connectivity index (χ1v) is 11.0. The summed E-state index contributed by atoms with van der Waals surface area (Å²) < 4.78 is 10.6. The minimum Gasteiger partial charge on any atom is -0.364 e. The van der Waals surface area contributed by atoms with Gasteiger partial charge in [0.05, 0.1) is 23.1 Å². The molecule has 0 aliphatic carbocycles. The Morgan fingerprint density at radius 1 is 1.00 bits per heavy atom. The third-order valence-electron chi connectivity index (χ3n) is 5.30. The number of nitrogens with zero attached hydrogens (tertiary/aromatic N) is 4. The number of anilines is 1. The molecule has 0 radical (unpaired) electrons. The minimum atomic E-state index is -1.17. The van der Waals surface area contributed by atoms with E-state index in [2.05, 4.69) is 33.7 Å². The molecular weight excluding hydrogens is 430 g/mol. The number of nitrogens with one attached hydrogen (secondary N) is 1. The lowest BCUT2D eigenvalue weighted by atomic mass is 10.0. The van der Waals surface area contributed by atoms with Crippen LogP contribution in [0.5, 0.6) is 0 Å². The highest BCUT2D eigenvalue weighted by atomic mass is 16.6. The fourth-order valence-corrected chi connectivity index (χ4v) is 3.71. The van der Waals surface area contributed by atoms with Crippen molar-refractivity contribution < 1.29 is 14.4 Å². The van der Waals surface area contributed by atoms with E-state index in [1.807, 2.05) is 48.5 Å². The fourth-order valence-electron chi connectivity index (χ4n) is 3.71. The summed E-state index contributed by atoms with van der Waals surface area (Å²) in [6.07, 6.45) is 0.588. The first kappa shape index (κ1) is 21.7. The van der Waals surface area contributed by atoms with E-state index in [4.69, 9.17) is 19.2 Å². The smallest absolute Gasteiger partial charge is 0.204 e. The molecular formula is C26H23N5O3. The van der Waals surface area contributed by atoms with Gasteiger partial charge in [-0.25, -0.2) is 9.97 Å². The molecule has 5 rings (SSSR count). The molecule has 0 aliphatic rings. The van der Waals surface area contributed by atoms with E-state index in [1.54, 1.807) is 19.2 Å². The third kappa shape index (κ3) is 4.50. The number of fused-ring (bicyclic) bond motifs is 1. The van der Waals surface area contributed by atoms with Crippen LogP contribution in [0.15, 0.2) is 83.5 Å². The van der Waals surface area contributed by atoms with Crippen molar-refractivity contribution in [3.63, 3.8) is 0 Å². The van der Waals surface area contributed by atoms with Gasteiger partial charge in [0.25, 0.3) is 0 Å². The minimum absolute atomic E-state index is 0.265. The van der Waals surface area contributed by atoms with Gasteiger partial charge in [0, 0.05) is 18.9 Å². The predicted molar refractivity (Wildman–Crippen MR) is 129 cm³/mol. The Morgan fingerprint density at radius 3 is 2.65 bits per heavy atom. The zero-order valence-electron chi connectivity index (χ0n) is 18.5. The van der Waals surface area contributed by atoms with Crippen molar-refractivity contribution >= 4 is 16.7 Å². The van der Waals surface area contributed by atoms with Crippen LogP contribution in [0.25, 0.3) is 33.6 Å². The second kappa shape index (κ2) is 9.78. The molecule has 0 saturated carbocycles. The quantitative estimate of drug-likeness (QED) is 0.317. The van der Waals surface area contributed by atoms with Gasteiger partial charge in [-0.1, -0.05) is 53.7 Å². The number of ether oxygens (including phenoxy) is 1. The average molecular weight is 454 g/mol. The van der Waals surface area contributed by atoms with Crippen LogP contribution in [0.4, 0.5) is 5.82 Å². The van der Waals surface area contributed by atoms with Crippen LogP contribution in [-0.2, 0) is 11.3 Å². The van der Waals surface area contributed by atoms with Crippen LogP contribution in [0.1, 0.15) is 24.6 Å². The summed E-state index contributed by atoms with van der Waals surface area (Å²) in [5.41, 5.74) is 3.97. The van der Waals surface area contributed by atoms with E-state index in [9.17, 15) is 5.11 Å². The van der Waals surface area contributed by atoms with E-state index in [0.717, 1.165) is 27.7 Å². The largest absolute Gasteiger partial charge is 0.364 e. The Kier molecular flexibility index (Phi) is 6.24. The van der Waals surface area contributed by atoms with E-state index in [1.165, 1.54) is 0 Å². The molecule has 5 aromatic rings. The lowest BCUT2D eigenvalue weighted by Crippen LogP contribution is -2.06. The van der Waals surface area contributed by atoms with Crippen molar-refractivity contribution in [2.24, 2.45) is 0 Å². The molecule has 1 atom stereocenters. The van der Waals surface area contributed by atoms with Crippen molar-refractivity contribution in [1.82, 2.24) is 20.1 Å². The number of benzene rings is 2. The molecule has 170 valence electrons. The van der Waals surface area contributed by atoms with Crippen molar-refractivity contribution in [3.8, 4) is 22.7 Å². The van der Waals surface area contributed by atoms with E-state index in [0.29, 0.717) is 30.6 Å². The van der Waals surface area contributed by atoms with Gasteiger partial charge in [0.2, 0.25) is 17.9 Å². The van der Waals surface area contributed by atoms with Crippen molar-refractivity contribution in [2.45, 2.75) is 19.8 Å². The van der Waals surface area contributed by atoms with E-state index < -0.39 is 6.29 Å². The van der Waals surface area contributed by atoms with Gasteiger partial charge in [-0.05, 0) is 36.2 Å². The fraction of sp³-hybridized carbons (Fsp3) is 0.154. The Labute approximate surface area is 196 Å². The van der Waals surface area contributed by atoms with Crippen LogP contribution in [0.2, 0.25) is 0 Å². The van der Waals surface area contributed by atoms with Crippen LogP contribution < -0.4 is 5.32 Å². The maximum atomic E-state index is 10.1. The lowest BCUT2D eigenvalue weighted by molar-refractivity contribution is -0.102. The summed E-state index contributed by atoms with van der Waals surface area (Å²) in [7, 11) is 0. The van der Waals surface area contributed by atoms with Gasteiger partial charge in [-0.3, -0.25) is 4.98 Å². The molecule has 0 saturated heterocycles. The first-order chi connectivity index (χ1) is 16.7. The second-order valence-corrected chi connectivity index (χ2v) is 7.56. The SMILES string of the molecule is CCOC(O)c1cc(-c2nc(NCc3ccccn3)c3c(-c4ccccc4)cccc3n2)on1.